The fraction of sp³-hybridized carbons (Fsp3) is 0.0870. The summed E-state index contributed by atoms with van der Waals surface area (Å²) < 4.78 is 33.9. The Morgan fingerprint density at radius 3 is 2.28 bits per heavy atom. The van der Waals surface area contributed by atoms with Gasteiger partial charge in [0.05, 0.1) is 16.8 Å². The van der Waals surface area contributed by atoms with Gasteiger partial charge in [-0.25, -0.2) is 13.4 Å². The molecule has 0 atom stereocenters. The minimum Gasteiger partial charge on any atom is -0.436 e. The second kappa shape index (κ2) is 7.56. The predicted octanol–water partition coefficient (Wildman–Crippen LogP) is 5.43. The van der Waals surface area contributed by atoms with Gasteiger partial charge in [0.15, 0.2) is 5.76 Å². The molecule has 5 nitrogen and oxygen atoms in total. The largest absolute Gasteiger partial charge is 0.436 e. The van der Waals surface area contributed by atoms with Crippen LogP contribution in [0, 0.1) is 13.8 Å². The van der Waals surface area contributed by atoms with Crippen molar-refractivity contribution in [2.75, 3.05) is 4.72 Å². The van der Waals surface area contributed by atoms with Crippen molar-refractivity contribution in [3.8, 4) is 22.8 Å². The van der Waals surface area contributed by atoms with E-state index in [0.717, 1.165) is 16.7 Å². The molecule has 0 saturated heterocycles. The molecule has 0 amide bonds. The molecule has 0 unspecified atom stereocenters. The van der Waals surface area contributed by atoms with E-state index in [1.54, 1.807) is 36.5 Å². The number of oxazole rings is 1. The van der Waals surface area contributed by atoms with Gasteiger partial charge in [-0.3, -0.25) is 4.72 Å². The maximum absolute atomic E-state index is 12.7. The van der Waals surface area contributed by atoms with Gasteiger partial charge in [-0.2, -0.15) is 0 Å². The van der Waals surface area contributed by atoms with E-state index in [1.165, 1.54) is 0 Å². The van der Waals surface area contributed by atoms with E-state index < -0.39 is 10.0 Å². The van der Waals surface area contributed by atoms with Gasteiger partial charge < -0.3 is 4.42 Å². The summed E-state index contributed by atoms with van der Waals surface area (Å²) >= 11 is 0. The first kappa shape index (κ1) is 19.0. The average Bonchev–Trinajstić information content (AvgIpc) is 3.21. The molecule has 0 aliphatic heterocycles. The van der Waals surface area contributed by atoms with E-state index in [0.29, 0.717) is 22.9 Å². The van der Waals surface area contributed by atoms with Crippen LogP contribution in [0.4, 0.5) is 5.69 Å². The summed E-state index contributed by atoms with van der Waals surface area (Å²) in [6, 6.07) is 21.8. The number of sulfonamides is 1. The fourth-order valence-electron chi connectivity index (χ4n) is 3.05. The molecular weight excluding hydrogens is 384 g/mol. The van der Waals surface area contributed by atoms with Crippen molar-refractivity contribution in [2.24, 2.45) is 0 Å². The topological polar surface area (TPSA) is 72.2 Å². The second-order valence-corrected chi connectivity index (χ2v) is 8.53. The third kappa shape index (κ3) is 4.07. The zero-order valence-electron chi connectivity index (χ0n) is 16.1. The number of rotatable bonds is 5. The Balaban J connectivity index is 1.57. The quantitative estimate of drug-likeness (QED) is 0.482. The SMILES string of the molecule is Cc1ccc(NS(=O)(=O)c2ccc(-c3ncc(-c4ccccc4)o3)cc2)c(C)c1. The van der Waals surface area contributed by atoms with Gasteiger partial charge in [0.2, 0.25) is 5.89 Å². The Hall–Kier alpha value is -3.38. The minimum atomic E-state index is -3.69. The molecule has 4 rings (SSSR count). The Kier molecular flexibility index (Phi) is 4.94. The third-order valence-corrected chi connectivity index (χ3v) is 5.98. The number of aromatic nitrogens is 1. The van der Waals surface area contributed by atoms with Crippen LogP contribution in [0.25, 0.3) is 22.8 Å². The monoisotopic (exact) mass is 404 g/mol. The second-order valence-electron chi connectivity index (χ2n) is 6.84. The van der Waals surface area contributed by atoms with Crippen LogP contribution in [-0.4, -0.2) is 13.4 Å². The molecule has 0 radical (unpaired) electrons. The summed E-state index contributed by atoms with van der Waals surface area (Å²) in [6.45, 7) is 3.84. The number of anilines is 1. The normalized spacial score (nSPS) is 11.4. The summed E-state index contributed by atoms with van der Waals surface area (Å²) in [5.41, 5.74) is 4.16. The van der Waals surface area contributed by atoms with Crippen LogP contribution in [0.1, 0.15) is 11.1 Å². The number of hydrogen-bond acceptors (Lipinski definition) is 4. The predicted molar refractivity (Wildman–Crippen MR) is 114 cm³/mol. The zero-order valence-corrected chi connectivity index (χ0v) is 16.9. The van der Waals surface area contributed by atoms with Gasteiger partial charge in [0.25, 0.3) is 10.0 Å². The van der Waals surface area contributed by atoms with E-state index in [2.05, 4.69) is 9.71 Å². The number of nitrogens with zero attached hydrogens (tertiary/aromatic N) is 1. The summed E-state index contributed by atoms with van der Waals surface area (Å²) in [4.78, 5) is 4.49. The van der Waals surface area contributed by atoms with Gasteiger partial charge in [-0.1, -0.05) is 48.0 Å². The average molecular weight is 404 g/mol. The molecule has 0 aliphatic rings. The van der Waals surface area contributed by atoms with Gasteiger partial charge >= 0.3 is 0 Å². The highest BCUT2D eigenvalue weighted by atomic mass is 32.2. The molecule has 0 saturated carbocycles. The Morgan fingerprint density at radius 1 is 0.862 bits per heavy atom. The van der Waals surface area contributed by atoms with Crippen molar-refractivity contribution >= 4 is 15.7 Å². The lowest BCUT2D eigenvalue weighted by atomic mass is 10.1. The zero-order chi connectivity index (χ0) is 20.4. The standard InChI is InChI=1S/C23H20N2O3S/c1-16-8-13-21(17(2)14-16)25-29(26,27)20-11-9-19(10-12-20)23-24-15-22(28-23)18-6-4-3-5-7-18/h3-15,25H,1-2H3. The molecule has 0 bridgehead atoms. The van der Waals surface area contributed by atoms with Gasteiger partial charge in [-0.05, 0) is 49.7 Å². The summed E-state index contributed by atoms with van der Waals surface area (Å²) in [5, 5.41) is 0. The highest BCUT2D eigenvalue weighted by Gasteiger charge is 2.16. The molecule has 0 fully saturated rings. The highest BCUT2D eigenvalue weighted by molar-refractivity contribution is 7.92. The van der Waals surface area contributed by atoms with Crippen molar-refractivity contribution in [1.29, 1.82) is 0 Å². The van der Waals surface area contributed by atoms with Crippen LogP contribution in [0.2, 0.25) is 0 Å². The van der Waals surface area contributed by atoms with Crippen LogP contribution in [0.5, 0.6) is 0 Å². The molecule has 1 aromatic heterocycles. The van der Waals surface area contributed by atoms with E-state index in [-0.39, 0.29) is 4.90 Å². The van der Waals surface area contributed by atoms with E-state index in [9.17, 15) is 8.42 Å². The van der Waals surface area contributed by atoms with E-state index in [1.807, 2.05) is 56.3 Å². The fourth-order valence-corrected chi connectivity index (χ4v) is 4.18. The lowest BCUT2D eigenvalue weighted by Crippen LogP contribution is -2.13. The van der Waals surface area contributed by atoms with Crippen LogP contribution in [0.3, 0.4) is 0 Å². The molecule has 3 aromatic carbocycles. The molecule has 6 heteroatoms. The van der Waals surface area contributed by atoms with Gasteiger partial charge in [-0.15, -0.1) is 0 Å². The highest BCUT2D eigenvalue weighted by Crippen LogP contribution is 2.27. The number of nitrogens with one attached hydrogen (secondary N) is 1. The number of aryl methyl sites for hydroxylation is 2. The van der Waals surface area contributed by atoms with Gasteiger partial charge in [0.1, 0.15) is 0 Å². The Bertz CT molecular complexity index is 1250. The number of hydrogen-bond donors (Lipinski definition) is 1. The molecule has 29 heavy (non-hydrogen) atoms. The smallest absolute Gasteiger partial charge is 0.261 e. The van der Waals surface area contributed by atoms with Crippen molar-refractivity contribution in [1.82, 2.24) is 4.98 Å². The lowest BCUT2D eigenvalue weighted by Gasteiger charge is -2.11. The van der Waals surface area contributed by atoms with Gasteiger partial charge in [0, 0.05) is 11.1 Å². The summed E-state index contributed by atoms with van der Waals surface area (Å²) in [5.74, 6) is 1.10. The molecule has 0 aliphatic carbocycles. The molecule has 1 N–H and O–H groups in total. The van der Waals surface area contributed by atoms with E-state index in [4.69, 9.17) is 4.42 Å². The first-order valence-corrected chi connectivity index (χ1v) is 10.6. The summed E-state index contributed by atoms with van der Waals surface area (Å²) in [7, 11) is -3.69. The van der Waals surface area contributed by atoms with Crippen molar-refractivity contribution in [3.05, 3.63) is 90.1 Å². The molecule has 0 spiro atoms. The third-order valence-electron chi connectivity index (χ3n) is 4.60. The van der Waals surface area contributed by atoms with Crippen LogP contribution >= 0.6 is 0 Å². The van der Waals surface area contributed by atoms with Crippen molar-refractivity contribution in [2.45, 2.75) is 18.7 Å². The Labute approximate surface area is 170 Å². The molecule has 1 heterocycles. The Morgan fingerprint density at radius 2 is 1.59 bits per heavy atom. The molecule has 4 aromatic rings. The maximum atomic E-state index is 12.7. The van der Waals surface area contributed by atoms with Crippen molar-refractivity contribution in [3.63, 3.8) is 0 Å². The first-order chi connectivity index (χ1) is 13.9. The summed E-state index contributed by atoms with van der Waals surface area (Å²) in [6.07, 6.45) is 1.66. The minimum absolute atomic E-state index is 0.177. The molecule has 146 valence electrons. The van der Waals surface area contributed by atoms with Crippen molar-refractivity contribution < 1.29 is 12.8 Å². The lowest BCUT2D eigenvalue weighted by molar-refractivity contribution is 0.588. The van der Waals surface area contributed by atoms with Crippen LogP contribution < -0.4 is 4.72 Å². The van der Waals surface area contributed by atoms with E-state index >= 15 is 0 Å². The molecular formula is C23H20N2O3S. The van der Waals surface area contributed by atoms with Crippen LogP contribution in [0.15, 0.2) is 88.3 Å². The number of benzene rings is 3. The first-order valence-electron chi connectivity index (χ1n) is 9.14. The van der Waals surface area contributed by atoms with Crippen LogP contribution in [-0.2, 0) is 10.0 Å². The maximum Gasteiger partial charge on any atom is 0.261 e.